The molecule has 0 amide bonds. The standard InChI is InChI=1S/C17H15FN2O/c18-17-12(9-19)2-1-3-13(17)10-21-14-5-6-15-11(8-14)4-7-16(15)20/h1-3,5-6,8,16H,4,7,10,20H2. The van der Waals surface area contributed by atoms with Crippen LogP contribution < -0.4 is 10.5 Å². The van der Waals surface area contributed by atoms with Gasteiger partial charge in [0.25, 0.3) is 0 Å². The van der Waals surface area contributed by atoms with Gasteiger partial charge in [0.2, 0.25) is 0 Å². The molecular formula is C17H15FN2O. The number of halogens is 1. The first kappa shape index (κ1) is 13.6. The molecule has 3 nitrogen and oxygen atoms in total. The molecule has 1 atom stereocenters. The lowest BCUT2D eigenvalue weighted by Gasteiger charge is -2.10. The number of fused-ring (bicyclic) bond motifs is 1. The number of nitrogens with zero attached hydrogens (tertiary/aromatic N) is 1. The average Bonchev–Trinajstić information content (AvgIpc) is 2.87. The molecule has 0 saturated carbocycles. The van der Waals surface area contributed by atoms with Crippen LogP contribution in [0.25, 0.3) is 0 Å². The lowest BCUT2D eigenvalue weighted by molar-refractivity contribution is 0.299. The second-order valence-electron chi connectivity index (χ2n) is 5.18. The zero-order valence-electron chi connectivity index (χ0n) is 11.5. The van der Waals surface area contributed by atoms with Crippen LogP contribution >= 0.6 is 0 Å². The largest absolute Gasteiger partial charge is 0.489 e. The maximum absolute atomic E-state index is 13.9. The van der Waals surface area contributed by atoms with Crippen molar-refractivity contribution in [3.8, 4) is 11.8 Å². The van der Waals surface area contributed by atoms with Gasteiger partial charge < -0.3 is 10.5 Å². The Morgan fingerprint density at radius 1 is 1.33 bits per heavy atom. The Bertz CT molecular complexity index is 721. The molecule has 0 aliphatic heterocycles. The Morgan fingerprint density at radius 2 is 2.19 bits per heavy atom. The highest BCUT2D eigenvalue weighted by molar-refractivity contribution is 5.41. The van der Waals surface area contributed by atoms with Gasteiger partial charge >= 0.3 is 0 Å². The molecule has 1 unspecified atom stereocenters. The maximum Gasteiger partial charge on any atom is 0.147 e. The van der Waals surface area contributed by atoms with E-state index in [0.717, 1.165) is 12.8 Å². The Balaban J connectivity index is 1.76. The Morgan fingerprint density at radius 3 is 3.00 bits per heavy atom. The molecule has 0 radical (unpaired) electrons. The van der Waals surface area contributed by atoms with Crippen molar-refractivity contribution in [3.63, 3.8) is 0 Å². The van der Waals surface area contributed by atoms with Gasteiger partial charge in [-0.1, -0.05) is 18.2 Å². The summed E-state index contributed by atoms with van der Waals surface area (Å²) in [5, 5.41) is 8.82. The van der Waals surface area contributed by atoms with Gasteiger partial charge in [-0.05, 0) is 42.2 Å². The first-order chi connectivity index (χ1) is 10.2. The summed E-state index contributed by atoms with van der Waals surface area (Å²) in [5.41, 5.74) is 8.78. The minimum absolute atomic E-state index is 0.0380. The summed E-state index contributed by atoms with van der Waals surface area (Å²) in [6.45, 7) is 0.103. The summed E-state index contributed by atoms with van der Waals surface area (Å²) < 4.78 is 19.6. The van der Waals surface area contributed by atoms with Gasteiger partial charge in [0.1, 0.15) is 24.2 Å². The summed E-state index contributed by atoms with van der Waals surface area (Å²) in [4.78, 5) is 0. The van der Waals surface area contributed by atoms with Gasteiger partial charge in [0, 0.05) is 11.6 Å². The molecule has 1 aliphatic carbocycles. The van der Waals surface area contributed by atoms with Crippen LogP contribution in [0.5, 0.6) is 5.75 Å². The van der Waals surface area contributed by atoms with Crippen LogP contribution in [0.2, 0.25) is 0 Å². The van der Waals surface area contributed by atoms with E-state index >= 15 is 0 Å². The van der Waals surface area contributed by atoms with E-state index in [1.54, 1.807) is 12.1 Å². The fourth-order valence-corrected chi connectivity index (χ4v) is 2.66. The molecule has 2 N–H and O–H groups in total. The van der Waals surface area contributed by atoms with Gasteiger partial charge in [-0.3, -0.25) is 0 Å². The van der Waals surface area contributed by atoms with E-state index in [-0.39, 0.29) is 18.2 Å². The lowest BCUT2D eigenvalue weighted by atomic mass is 10.1. The number of hydrogen-bond acceptors (Lipinski definition) is 3. The van der Waals surface area contributed by atoms with E-state index in [1.165, 1.54) is 17.2 Å². The third-order valence-electron chi connectivity index (χ3n) is 3.83. The minimum Gasteiger partial charge on any atom is -0.489 e. The Hall–Kier alpha value is -2.38. The van der Waals surface area contributed by atoms with E-state index < -0.39 is 5.82 Å². The van der Waals surface area contributed by atoms with Gasteiger partial charge in [0.05, 0.1) is 5.56 Å². The monoisotopic (exact) mass is 282 g/mol. The summed E-state index contributed by atoms with van der Waals surface area (Å²) in [6.07, 6.45) is 1.91. The Kier molecular flexibility index (Phi) is 3.59. The van der Waals surface area contributed by atoms with E-state index in [1.807, 2.05) is 24.3 Å². The molecule has 106 valence electrons. The molecule has 0 fully saturated rings. The molecule has 2 aromatic carbocycles. The van der Waals surface area contributed by atoms with Crippen LogP contribution in [-0.2, 0) is 13.0 Å². The van der Waals surface area contributed by atoms with Crippen LogP contribution in [0, 0.1) is 17.1 Å². The molecule has 0 spiro atoms. The summed E-state index contributed by atoms with van der Waals surface area (Å²) >= 11 is 0. The molecule has 21 heavy (non-hydrogen) atoms. The van der Waals surface area contributed by atoms with E-state index in [9.17, 15) is 4.39 Å². The van der Waals surface area contributed by atoms with Crippen molar-refractivity contribution in [2.45, 2.75) is 25.5 Å². The molecule has 0 heterocycles. The molecule has 0 bridgehead atoms. The normalized spacial score (nSPS) is 16.3. The van der Waals surface area contributed by atoms with Crippen molar-refractivity contribution in [2.75, 3.05) is 0 Å². The molecule has 3 rings (SSSR count). The third-order valence-corrected chi connectivity index (χ3v) is 3.83. The number of nitriles is 1. The first-order valence-electron chi connectivity index (χ1n) is 6.87. The topological polar surface area (TPSA) is 59.0 Å². The lowest BCUT2D eigenvalue weighted by Crippen LogP contribution is -2.05. The third kappa shape index (κ3) is 2.61. The number of hydrogen-bond donors (Lipinski definition) is 1. The highest BCUT2D eigenvalue weighted by Gasteiger charge is 2.19. The molecular weight excluding hydrogens is 267 g/mol. The van der Waals surface area contributed by atoms with Crippen LogP contribution in [0.4, 0.5) is 4.39 Å². The highest BCUT2D eigenvalue weighted by Crippen LogP contribution is 2.32. The molecule has 1 aliphatic rings. The van der Waals surface area contributed by atoms with Crippen LogP contribution in [0.1, 0.15) is 34.7 Å². The summed E-state index contributed by atoms with van der Waals surface area (Å²) in [7, 11) is 0. The van der Waals surface area contributed by atoms with E-state index in [0.29, 0.717) is 11.3 Å². The van der Waals surface area contributed by atoms with Crippen molar-refractivity contribution in [2.24, 2.45) is 5.73 Å². The van der Waals surface area contributed by atoms with Crippen LogP contribution in [0.3, 0.4) is 0 Å². The SMILES string of the molecule is N#Cc1cccc(COc2ccc3c(c2)CCC3N)c1F. The van der Waals surface area contributed by atoms with Crippen molar-refractivity contribution in [3.05, 3.63) is 64.5 Å². The highest BCUT2D eigenvalue weighted by atomic mass is 19.1. The summed E-state index contributed by atoms with van der Waals surface area (Å²) in [6, 6.07) is 12.5. The van der Waals surface area contributed by atoms with Gasteiger partial charge in [-0.25, -0.2) is 4.39 Å². The number of ether oxygens (including phenoxy) is 1. The fourth-order valence-electron chi connectivity index (χ4n) is 2.66. The van der Waals surface area contributed by atoms with E-state index in [2.05, 4.69) is 0 Å². The zero-order valence-corrected chi connectivity index (χ0v) is 11.5. The number of nitrogens with two attached hydrogens (primary N) is 1. The van der Waals surface area contributed by atoms with Gasteiger partial charge in [0.15, 0.2) is 0 Å². The van der Waals surface area contributed by atoms with Gasteiger partial charge in [-0.2, -0.15) is 5.26 Å². The number of benzene rings is 2. The zero-order chi connectivity index (χ0) is 14.8. The predicted octanol–water partition coefficient (Wildman–Crippen LogP) is 3.22. The predicted molar refractivity (Wildman–Crippen MR) is 77.1 cm³/mol. The number of aryl methyl sites for hydroxylation is 1. The molecule has 2 aromatic rings. The molecule has 0 aromatic heterocycles. The second-order valence-corrected chi connectivity index (χ2v) is 5.18. The van der Waals surface area contributed by atoms with Crippen molar-refractivity contribution < 1.29 is 9.13 Å². The first-order valence-corrected chi connectivity index (χ1v) is 6.87. The van der Waals surface area contributed by atoms with Gasteiger partial charge in [-0.15, -0.1) is 0 Å². The average molecular weight is 282 g/mol. The van der Waals surface area contributed by atoms with Crippen molar-refractivity contribution >= 4 is 0 Å². The summed E-state index contributed by atoms with van der Waals surface area (Å²) in [5.74, 6) is 0.188. The second kappa shape index (κ2) is 5.55. The minimum atomic E-state index is -0.511. The van der Waals surface area contributed by atoms with Crippen molar-refractivity contribution in [1.29, 1.82) is 5.26 Å². The van der Waals surface area contributed by atoms with Crippen molar-refractivity contribution in [1.82, 2.24) is 0 Å². The van der Waals surface area contributed by atoms with Crippen LogP contribution in [0.15, 0.2) is 36.4 Å². The quantitative estimate of drug-likeness (QED) is 0.940. The molecule has 4 heteroatoms. The fraction of sp³-hybridized carbons (Fsp3) is 0.235. The smallest absolute Gasteiger partial charge is 0.147 e. The number of rotatable bonds is 3. The van der Waals surface area contributed by atoms with Crippen LogP contribution in [-0.4, -0.2) is 0 Å². The maximum atomic E-state index is 13.9. The Labute approximate surface area is 122 Å². The van der Waals surface area contributed by atoms with E-state index in [4.69, 9.17) is 15.7 Å². The molecule has 0 saturated heterocycles.